The molecule has 0 radical (unpaired) electrons. The van der Waals surface area contributed by atoms with Crippen LogP contribution >= 0.6 is 0 Å². The van der Waals surface area contributed by atoms with Gasteiger partial charge in [0.15, 0.2) is 6.29 Å². The molecular formula is C24H26N2O7. The van der Waals surface area contributed by atoms with Crippen molar-refractivity contribution in [2.24, 2.45) is 0 Å². The lowest BCUT2D eigenvalue weighted by Crippen LogP contribution is -2.71. The molecule has 2 aliphatic heterocycles. The molecule has 174 valence electrons. The Labute approximate surface area is 191 Å². The summed E-state index contributed by atoms with van der Waals surface area (Å²) in [4.78, 5) is 42.1. The number of amides is 3. The van der Waals surface area contributed by atoms with E-state index >= 15 is 0 Å². The van der Waals surface area contributed by atoms with E-state index in [1.165, 1.54) is 14.2 Å². The minimum atomic E-state index is -0.936. The molecule has 1 saturated heterocycles. The molecule has 0 spiro atoms. The molecule has 0 aromatic heterocycles. The average Bonchev–Trinajstić information content (AvgIpc) is 3.09. The fraction of sp³-hybridized carbons (Fsp3) is 0.375. The number of hydrogen-bond acceptors (Lipinski definition) is 7. The van der Waals surface area contributed by atoms with E-state index in [4.69, 9.17) is 18.9 Å². The number of carbonyl (C=O) groups excluding carboxylic acids is 3. The normalized spacial score (nSPS) is 19.7. The highest BCUT2D eigenvalue weighted by molar-refractivity contribution is 6.23. The molecule has 1 fully saturated rings. The van der Waals surface area contributed by atoms with Crippen molar-refractivity contribution in [2.45, 2.75) is 31.3 Å². The maximum Gasteiger partial charge on any atom is 0.262 e. The Morgan fingerprint density at radius 1 is 0.879 bits per heavy atom. The molecular weight excluding hydrogens is 428 g/mol. The standard InChI is InChI=1S/C24H26N2O7/c1-30-15-10-9-14(19(11-15)31-2)13-25-18(12-20(32-3)33-4)21(24(25)29)26-22(27)16-7-5-6-8-17(16)23(26)28/h5-11,18,20-21H,12-13H2,1-4H3/t18-,21+/m1/s1. The van der Waals surface area contributed by atoms with Crippen LogP contribution in [0.2, 0.25) is 0 Å². The Morgan fingerprint density at radius 3 is 2.06 bits per heavy atom. The lowest BCUT2D eigenvalue weighted by atomic mass is 9.89. The number of likely N-dealkylation sites (tertiary alicyclic amines) is 1. The van der Waals surface area contributed by atoms with Crippen LogP contribution in [0.25, 0.3) is 0 Å². The van der Waals surface area contributed by atoms with Gasteiger partial charge in [0.1, 0.15) is 17.5 Å². The number of ether oxygens (including phenoxy) is 4. The van der Waals surface area contributed by atoms with Crippen LogP contribution in [-0.4, -0.2) is 74.3 Å². The number of imide groups is 1. The molecule has 2 heterocycles. The Hall–Kier alpha value is -3.43. The third-order valence-corrected chi connectivity index (χ3v) is 6.20. The van der Waals surface area contributed by atoms with Gasteiger partial charge in [-0.05, 0) is 24.3 Å². The average molecular weight is 454 g/mol. The van der Waals surface area contributed by atoms with Gasteiger partial charge in [0.25, 0.3) is 11.8 Å². The molecule has 2 aliphatic rings. The fourth-order valence-electron chi connectivity index (χ4n) is 4.43. The first-order valence-corrected chi connectivity index (χ1v) is 10.5. The van der Waals surface area contributed by atoms with Crippen molar-refractivity contribution in [3.63, 3.8) is 0 Å². The zero-order valence-electron chi connectivity index (χ0n) is 18.9. The second kappa shape index (κ2) is 9.21. The Morgan fingerprint density at radius 2 is 1.52 bits per heavy atom. The summed E-state index contributed by atoms with van der Waals surface area (Å²) in [5.74, 6) is -0.0534. The van der Waals surface area contributed by atoms with E-state index in [0.29, 0.717) is 22.6 Å². The maximum absolute atomic E-state index is 13.3. The fourth-order valence-corrected chi connectivity index (χ4v) is 4.43. The van der Waals surface area contributed by atoms with Crippen molar-refractivity contribution in [2.75, 3.05) is 28.4 Å². The van der Waals surface area contributed by atoms with Crippen molar-refractivity contribution >= 4 is 17.7 Å². The number of hydrogen-bond donors (Lipinski definition) is 0. The summed E-state index contributed by atoms with van der Waals surface area (Å²) in [6.45, 7) is 0.233. The monoisotopic (exact) mass is 454 g/mol. The summed E-state index contributed by atoms with van der Waals surface area (Å²) in [6.07, 6.45) is -0.323. The molecule has 9 nitrogen and oxygen atoms in total. The molecule has 2 aromatic carbocycles. The lowest BCUT2D eigenvalue weighted by molar-refractivity contribution is -0.169. The highest BCUT2D eigenvalue weighted by atomic mass is 16.7. The third-order valence-electron chi connectivity index (χ3n) is 6.20. The topological polar surface area (TPSA) is 94.6 Å². The second-order valence-corrected chi connectivity index (χ2v) is 7.82. The zero-order chi connectivity index (χ0) is 23.7. The largest absolute Gasteiger partial charge is 0.497 e. The van der Waals surface area contributed by atoms with Gasteiger partial charge in [-0.3, -0.25) is 19.3 Å². The van der Waals surface area contributed by atoms with Crippen molar-refractivity contribution in [3.05, 3.63) is 59.2 Å². The van der Waals surface area contributed by atoms with Gasteiger partial charge in [-0.1, -0.05) is 12.1 Å². The predicted octanol–water partition coefficient (Wildman–Crippen LogP) is 2.09. The van der Waals surface area contributed by atoms with Crippen LogP contribution in [0.5, 0.6) is 11.5 Å². The Bertz CT molecular complexity index is 1050. The van der Waals surface area contributed by atoms with Gasteiger partial charge in [0.2, 0.25) is 5.91 Å². The number of rotatable bonds is 9. The lowest BCUT2D eigenvalue weighted by Gasteiger charge is -2.50. The van der Waals surface area contributed by atoms with E-state index in [1.54, 1.807) is 55.5 Å². The highest BCUT2D eigenvalue weighted by Crippen LogP contribution is 2.37. The number of methoxy groups -OCH3 is 4. The smallest absolute Gasteiger partial charge is 0.262 e. The molecule has 2 atom stereocenters. The van der Waals surface area contributed by atoms with E-state index in [9.17, 15) is 14.4 Å². The van der Waals surface area contributed by atoms with Crippen LogP contribution in [0, 0.1) is 0 Å². The van der Waals surface area contributed by atoms with Gasteiger partial charge >= 0.3 is 0 Å². The van der Waals surface area contributed by atoms with Gasteiger partial charge in [-0.2, -0.15) is 0 Å². The van der Waals surface area contributed by atoms with E-state index in [1.807, 2.05) is 6.07 Å². The van der Waals surface area contributed by atoms with Crippen LogP contribution in [0.15, 0.2) is 42.5 Å². The summed E-state index contributed by atoms with van der Waals surface area (Å²) in [6, 6.07) is 10.5. The Balaban J connectivity index is 1.64. The van der Waals surface area contributed by atoms with Crippen LogP contribution in [-0.2, 0) is 20.8 Å². The number of benzene rings is 2. The molecule has 0 unspecified atom stereocenters. The van der Waals surface area contributed by atoms with Crippen LogP contribution in [0.1, 0.15) is 32.7 Å². The van der Waals surface area contributed by atoms with E-state index < -0.39 is 30.2 Å². The molecule has 0 bridgehead atoms. The summed E-state index contributed by atoms with van der Waals surface area (Å²) in [7, 11) is 6.11. The van der Waals surface area contributed by atoms with Crippen LogP contribution < -0.4 is 9.47 Å². The molecule has 9 heteroatoms. The number of fused-ring (bicyclic) bond motifs is 1. The first-order chi connectivity index (χ1) is 15.9. The summed E-state index contributed by atoms with van der Waals surface area (Å²) >= 11 is 0. The first-order valence-electron chi connectivity index (χ1n) is 10.5. The molecule has 33 heavy (non-hydrogen) atoms. The molecule has 0 saturated carbocycles. The summed E-state index contributed by atoms with van der Waals surface area (Å²) < 4.78 is 21.4. The minimum absolute atomic E-state index is 0.233. The van der Waals surface area contributed by atoms with E-state index in [2.05, 4.69) is 0 Å². The minimum Gasteiger partial charge on any atom is -0.497 e. The Kier molecular flexibility index (Phi) is 6.35. The first kappa shape index (κ1) is 22.8. The highest BCUT2D eigenvalue weighted by Gasteiger charge is 2.56. The third kappa shape index (κ3) is 3.83. The predicted molar refractivity (Wildman–Crippen MR) is 117 cm³/mol. The van der Waals surface area contributed by atoms with E-state index in [0.717, 1.165) is 10.5 Å². The number of nitrogens with zero attached hydrogens (tertiary/aromatic N) is 2. The zero-order valence-corrected chi connectivity index (χ0v) is 18.9. The van der Waals surface area contributed by atoms with Gasteiger partial charge < -0.3 is 23.8 Å². The molecule has 0 aliphatic carbocycles. The molecule has 4 rings (SSSR count). The van der Waals surface area contributed by atoms with Crippen molar-refractivity contribution in [3.8, 4) is 11.5 Å². The number of carbonyl (C=O) groups is 3. The summed E-state index contributed by atoms with van der Waals surface area (Å²) in [5, 5.41) is 0. The molecule has 0 N–H and O–H groups in total. The van der Waals surface area contributed by atoms with Gasteiger partial charge in [0, 0.05) is 38.8 Å². The quantitative estimate of drug-likeness (QED) is 0.325. The summed E-state index contributed by atoms with van der Waals surface area (Å²) in [5.41, 5.74) is 1.38. The SMILES string of the molecule is COc1ccc(CN2C(=O)[C@@H](N3C(=O)c4ccccc4C3=O)[C@H]2CC(OC)OC)c(OC)c1. The van der Waals surface area contributed by atoms with Gasteiger partial charge in [-0.25, -0.2) is 0 Å². The van der Waals surface area contributed by atoms with Gasteiger partial charge in [0.05, 0.1) is 31.4 Å². The number of β-lactam (4-membered cyclic amide) rings is 1. The van der Waals surface area contributed by atoms with Gasteiger partial charge in [-0.15, -0.1) is 0 Å². The maximum atomic E-state index is 13.3. The van der Waals surface area contributed by atoms with E-state index in [-0.39, 0.29) is 18.9 Å². The van der Waals surface area contributed by atoms with Crippen molar-refractivity contribution in [1.29, 1.82) is 0 Å². The molecule has 3 amide bonds. The van der Waals surface area contributed by atoms with Crippen molar-refractivity contribution < 1.29 is 33.3 Å². The van der Waals surface area contributed by atoms with Crippen LogP contribution in [0.3, 0.4) is 0 Å². The second-order valence-electron chi connectivity index (χ2n) is 7.82. The van der Waals surface area contributed by atoms with Crippen molar-refractivity contribution in [1.82, 2.24) is 9.80 Å². The van der Waals surface area contributed by atoms with Crippen LogP contribution in [0.4, 0.5) is 0 Å². The molecule has 2 aromatic rings.